The van der Waals surface area contributed by atoms with Crippen molar-refractivity contribution >= 4 is 27.3 Å². The summed E-state index contributed by atoms with van der Waals surface area (Å²) in [6.45, 7) is 2.03. The summed E-state index contributed by atoms with van der Waals surface area (Å²) in [5, 5.41) is 7.40. The average Bonchev–Trinajstić information content (AvgIpc) is 2.98. The highest BCUT2D eigenvalue weighted by molar-refractivity contribution is 9.11. The van der Waals surface area contributed by atoms with Crippen LogP contribution in [0.15, 0.2) is 20.4 Å². The maximum absolute atomic E-state index is 5.36. The number of nitrogens with zero attached hydrogens (tertiary/aromatic N) is 2. The van der Waals surface area contributed by atoms with Gasteiger partial charge in [-0.15, -0.1) is 11.3 Å². The van der Waals surface area contributed by atoms with Crippen LogP contribution >= 0.6 is 27.3 Å². The highest BCUT2D eigenvalue weighted by Gasteiger charge is 2.21. The molecule has 1 saturated heterocycles. The molecule has 3 heterocycles. The Balaban J connectivity index is 1.82. The summed E-state index contributed by atoms with van der Waals surface area (Å²) in [4.78, 5) is 5.53. The third-order valence-corrected chi connectivity index (χ3v) is 4.50. The SMILES string of the molecule is Brc1ccc(-c2noc([C@@H]3CCCNC3)n2)s1. The summed E-state index contributed by atoms with van der Waals surface area (Å²) in [6, 6.07) is 4.00. The van der Waals surface area contributed by atoms with E-state index in [-0.39, 0.29) is 0 Å². The highest BCUT2D eigenvalue weighted by atomic mass is 79.9. The van der Waals surface area contributed by atoms with Crippen molar-refractivity contribution < 1.29 is 4.52 Å². The molecule has 3 rings (SSSR count). The van der Waals surface area contributed by atoms with Crippen LogP contribution in [0.5, 0.6) is 0 Å². The van der Waals surface area contributed by atoms with Gasteiger partial charge in [0.2, 0.25) is 11.7 Å². The molecule has 1 aliphatic heterocycles. The lowest BCUT2D eigenvalue weighted by Gasteiger charge is -2.18. The van der Waals surface area contributed by atoms with E-state index in [1.807, 2.05) is 12.1 Å². The van der Waals surface area contributed by atoms with E-state index in [1.54, 1.807) is 11.3 Å². The fourth-order valence-electron chi connectivity index (χ4n) is 2.00. The smallest absolute Gasteiger partial charge is 0.231 e. The molecule has 0 unspecified atom stereocenters. The van der Waals surface area contributed by atoms with Crippen LogP contribution in [0.25, 0.3) is 10.7 Å². The molecule has 2 aromatic heterocycles. The molecule has 2 aromatic rings. The van der Waals surface area contributed by atoms with Crippen LogP contribution in [0.3, 0.4) is 0 Å². The fraction of sp³-hybridized carbons (Fsp3) is 0.455. The molecular weight excluding hydrogens is 302 g/mol. The normalized spacial score (nSPS) is 20.6. The van der Waals surface area contributed by atoms with Crippen molar-refractivity contribution in [2.75, 3.05) is 13.1 Å². The van der Waals surface area contributed by atoms with Crippen LogP contribution in [0.2, 0.25) is 0 Å². The van der Waals surface area contributed by atoms with Crippen molar-refractivity contribution in [1.82, 2.24) is 15.5 Å². The number of hydrogen-bond donors (Lipinski definition) is 1. The van der Waals surface area contributed by atoms with Gasteiger partial charge in [0.1, 0.15) is 0 Å². The number of nitrogens with one attached hydrogen (secondary N) is 1. The van der Waals surface area contributed by atoms with Crippen LogP contribution in [0.1, 0.15) is 24.7 Å². The lowest BCUT2D eigenvalue weighted by Crippen LogP contribution is -2.28. The Morgan fingerprint density at radius 2 is 2.41 bits per heavy atom. The van der Waals surface area contributed by atoms with Crippen LogP contribution in [0.4, 0.5) is 0 Å². The lowest BCUT2D eigenvalue weighted by molar-refractivity contribution is 0.322. The molecule has 1 aliphatic rings. The Morgan fingerprint density at radius 1 is 1.47 bits per heavy atom. The Kier molecular flexibility index (Phi) is 3.26. The molecule has 0 radical (unpaired) electrons. The first-order chi connectivity index (χ1) is 8.33. The molecule has 6 heteroatoms. The topological polar surface area (TPSA) is 51.0 Å². The first-order valence-corrected chi connectivity index (χ1v) is 7.24. The van der Waals surface area contributed by atoms with Crippen LogP contribution in [-0.4, -0.2) is 23.2 Å². The molecule has 4 nitrogen and oxygen atoms in total. The molecule has 0 saturated carbocycles. The molecule has 1 N–H and O–H groups in total. The molecular formula is C11H12BrN3OS. The summed E-state index contributed by atoms with van der Waals surface area (Å²) >= 11 is 5.05. The number of halogens is 1. The first kappa shape index (κ1) is 11.4. The lowest BCUT2D eigenvalue weighted by atomic mass is 10.00. The van der Waals surface area contributed by atoms with Crippen LogP contribution in [0, 0.1) is 0 Å². The zero-order chi connectivity index (χ0) is 11.7. The summed E-state index contributed by atoms with van der Waals surface area (Å²) in [5.41, 5.74) is 0. The van der Waals surface area contributed by atoms with Crippen molar-refractivity contribution in [2.45, 2.75) is 18.8 Å². The number of rotatable bonds is 2. The first-order valence-electron chi connectivity index (χ1n) is 5.63. The summed E-state index contributed by atoms with van der Waals surface area (Å²) in [6.07, 6.45) is 2.30. The van der Waals surface area contributed by atoms with Crippen molar-refractivity contribution in [3.8, 4) is 10.7 Å². The summed E-state index contributed by atoms with van der Waals surface area (Å²) in [5.74, 6) is 1.83. The Morgan fingerprint density at radius 3 is 3.12 bits per heavy atom. The highest BCUT2D eigenvalue weighted by Crippen LogP contribution is 2.31. The minimum absolute atomic E-state index is 0.369. The van der Waals surface area contributed by atoms with E-state index in [2.05, 4.69) is 31.4 Å². The Labute approximate surface area is 112 Å². The van der Waals surface area contributed by atoms with Crippen molar-refractivity contribution in [2.24, 2.45) is 0 Å². The zero-order valence-corrected chi connectivity index (χ0v) is 11.6. The number of hydrogen-bond acceptors (Lipinski definition) is 5. The van der Waals surface area contributed by atoms with E-state index in [4.69, 9.17) is 4.52 Å². The van der Waals surface area contributed by atoms with Crippen LogP contribution in [-0.2, 0) is 0 Å². The number of aromatic nitrogens is 2. The maximum Gasteiger partial charge on any atom is 0.231 e. The Hall–Kier alpha value is -0.720. The average molecular weight is 314 g/mol. The van der Waals surface area contributed by atoms with Gasteiger partial charge in [0, 0.05) is 6.54 Å². The van der Waals surface area contributed by atoms with Gasteiger partial charge in [0.15, 0.2) is 0 Å². The molecule has 0 amide bonds. The van der Waals surface area contributed by atoms with E-state index in [9.17, 15) is 0 Å². The molecule has 0 aliphatic carbocycles. The monoisotopic (exact) mass is 313 g/mol. The fourth-order valence-corrected chi connectivity index (χ4v) is 3.31. The van der Waals surface area contributed by atoms with Gasteiger partial charge in [-0.3, -0.25) is 0 Å². The third kappa shape index (κ3) is 2.43. The van der Waals surface area contributed by atoms with Gasteiger partial charge in [-0.25, -0.2) is 0 Å². The quantitative estimate of drug-likeness (QED) is 0.926. The second-order valence-corrected chi connectivity index (χ2v) is 6.57. The number of piperidine rings is 1. The van der Waals surface area contributed by atoms with E-state index >= 15 is 0 Å². The maximum atomic E-state index is 5.36. The predicted octanol–water partition coefficient (Wildman–Crippen LogP) is 3.03. The van der Waals surface area contributed by atoms with Crippen molar-refractivity contribution in [3.05, 3.63) is 21.8 Å². The zero-order valence-electron chi connectivity index (χ0n) is 9.15. The van der Waals surface area contributed by atoms with Gasteiger partial charge >= 0.3 is 0 Å². The number of thiophene rings is 1. The van der Waals surface area contributed by atoms with Crippen molar-refractivity contribution in [1.29, 1.82) is 0 Å². The molecule has 90 valence electrons. The van der Waals surface area contributed by atoms with Crippen LogP contribution < -0.4 is 5.32 Å². The summed E-state index contributed by atoms with van der Waals surface area (Å²) < 4.78 is 6.44. The standard InChI is InChI=1S/C11H12BrN3OS/c12-9-4-3-8(17-9)10-14-11(16-15-10)7-2-1-5-13-6-7/h3-4,7,13H,1-2,5-6H2/t7-/m1/s1. The van der Waals surface area contributed by atoms with Gasteiger partial charge in [0.25, 0.3) is 0 Å². The molecule has 0 spiro atoms. The minimum atomic E-state index is 0.369. The molecule has 1 atom stereocenters. The minimum Gasteiger partial charge on any atom is -0.339 e. The van der Waals surface area contributed by atoms with E-state index in [0.29, 0.717) is 11.7 Å². The second kappa shape index (κ2) is 4.88. The third-order valence-electron chi connectivity index (χ3n) is 2.88. The predicted molar refractivity (Wildman–Crippen MR) is 70.2 cm³/mol. The van der Waals surface area contributed by atoms with Gasteiger partial charge in [-0.2, -0.15) is 4.98 Å². The van der Waals surface area contributed by atoms with E-state index < -0.39 is 0 Å². The summed E-state index contributed by atoms with van der Waals surface area (Å²) in [7, 11) is 0. The van der Waals surface area contributed by atoms with Crippen molar-refractivity contribution in [3.63, 3.8) is 0 Å². The van der Waals surface area contributed by atoms with Gasteiger partial charge in [0.05, 0.1) is 14.6 Å². The second-order valence-electron chi connectivity index (χ2n) is 4.10. The molecule has 17 heavy (non-hydrogen) atoms. The van der Waals surface area contributed by atoms with E-state index in [0.717, 1.165) is 34.1 Å². The van der Waals surface area contributed by atoms with Gasteiger partial charge in [-0.1, -0.05) is 5.16 Å². The molecule has 0 bridgehead atoms. The molecule has 1 fully saturated rings. The Bertz CT molecular complexity index is 504. The largest absolute Gasteiger partial charge is 0.339 e. The van der Waals surface area contributed by atoms with Gasteiger partial charge in [-0.05, 0) is 47.4 Å². The van der Waals surface area contributed by atoms with E-state index in [1.165, 1.54) is 6.42 Å². The van der Waals surface area contributed by atoms with Gasteiger partial charge < -0.3 is 9.84 Å². The molecule has 0 aromatic carbocycles.